The van der Waals surface area contributed by atoms with Crippen LogP contribution in [-0.2, 0) is 4.74 Å². The van der Waals surface area contributed by atoms with Crippen molar-refractivity contribution in [3.63, 3.8) is 0 Å². The van der Waals surface area contributed by atoms with Crippen LogP contribution in [0.15, 0.2) is 0 Å². The number of methoxy groups -OCH3 is 1. The van der Waals surface area contributed by atoms with E-state index in [1.165, 1.54) is 25.7 Å². The molecule has 0 amide bonds. The zero-order valence-corrected chi connectivity index (χ0v) is 8.38. The van der Waals surface area contributed by atoms with Crippen LogP contribution in [0, 0.1) is 5.41 Å². The SMILES string of the molecule is COC1CC(NCC2(CN)CC2)C1. The predicted molar refractivity (Wildman–Crippen MR) is 52.5 cm³/mol. The van der Waals surface area contributed by atoms with Gasteiger partial charge in [-0.1, -0.05) is 0 Å². The highest BCUT2D eigenvalue weighted by Gasteiger charge is 2.42. The predicted octanol–water partition coefficient (Wildman–Crippen LogP) is 0.492. The van der Waals surface area contributed by atoms with Crippen molar-refractivity contribution in [2.75, 3.05) is 20.2 Å². The minimum absolute atomic E-state index is 0.470. The second-order valence-corrected chi connectivity index (χ2v) is 4.61. The first-order valence-electron chi connectivity index (χ1n) is 5.24. The fraction of sp³-hybridized carbons (Fsp3) is 1.00. The Bertz CT molecular complexity index is 174. The van der Waals surface area contributed by atoms with Crippen molar-refractivity contribution in [1.29, 1.82) is 0 Å². The van der Waals surface area contributed by atoms with Crippen molar-refractivity contribution in [2.45, 2.75) is 37.8 Å². The molecular formula is C10H20N2O. The summed E-state index contributed by atoms with van der Waals surface area (Å²) in [6.45, 7) is 1.96. The number of nitrogens with one attached hydrogen (secondary N) is 1. The Morgan fingerprint density at radius 3 is 2.62 bits per heavy atom. The molecule has 2 aliphatic rings. The number of ether oxygens (including phenoxy) is 1. The maximum Gasteiger partial charge on any atom is 0.0601 e. The van der Waals surface area contributed by atoms with Crippen molar-refractivity contribution < 1.29 is 4.74 Å². The molecule has 2 fully saturated rings. The molecule has 0 saturated heterocycles. The van der Waals surface area contributed by atoms with Crippen LogP contribution >= 0.6 is 0 Å². The van der Waals surface area contributed by atoms with Gasteiger partial charge in [0.25, 0.3) is 0 Å². The molecule has 0 unspecified atom stereocenters. The second kappa shape index (κ2) is 3.56. The highest BCUT2D eigenvalue weighted by atomic mass is 16.5. The van der Waals surface area contributed by atoms with Crippen LogP contribution < -0.4 is 11.1 Å². The summed E-state index contributed by atoms with van der Waals surface area (Å²) >= 11 is 0. The van der Waals surface area contributed by atoms with Gasteiger partial charge < -0.3 is 15.8 Å². The van der Waals surface area contributed by atoms with Gasteiger partial charge in [-0.25, -0.2) is 0 Å². The fourth-order valence-corrected chi connectivity index (χ4v) is 1.92. The van der Waals surface area contributed by atoms with Crippen LogP contribution in [0.25, 0.3) is 0 Å². The number of nitrogens with two attached hydrogens (primary N) is 1. The first-order chi connectivity index (χ1) is 6.28. The average molecular weight is 184 g/mol. The van der Waals surface area contributed by atoms with Crippen molar-refractivity contribution in [2.24, 2.45) is 11.1 Å². The summed E-state index contributed by atoms with van der Waals surface area (Å²) < 4.78 is 5.23. The lowest BCUT2D eigenvalue weighted by atomic mass is 9.88. The Kier molecular flexibility index (Phi) is 2.58. The third kappa shape index (κ3) is 2.03. The molecule has 2 rings (SSSR count). The van der Waals surface area contributed by atoms with Gasteiger partial charge >= 0.3 is 0 Å². The molecule has 0 spiro atoms. The van der Waals surface area contributed by atoms with Crippen LogP contribution in [0.2, 0.25) is 0 Å². The van der Waals surface area contributed by atoms with Gasteiger partial charge in [-0.05, 0) is 37.6 Å². The van der Waals surface area contributed by atoms with Crippen LogP contribution in [0.3, 0.4) is 0 Å². The standard InChI is InChI=1S/C10H20N2O/c1-13-9-4-8(5-9)12-7-10(6-11)2-3-10/h8-9,12H,2-7,11H2,1H3. The summed E-state index contributed by atoms with van der Waals surface area (Å²) in [5, 5.41) is 3.58. The third-order valence-electron chi connectivity index (χ3n) is 3.58. The Morgan fingerprint density at radius 1 is 1.46 bits per heavy atom. The Labute approximate surface area is 80.0 Å². The van der Waals surface area contributed by atoms with E-state index in [9.17, 15) is 0 Å². The molecular weight excluding hydrogens is 164 g/mol. The molecule has 0 aromatic carbocycles. The molecule has 2 aliphatic carbocycles. The zero-order chi connectivity index (χ0) is 9.31. The van der Waals surface area contributed by atoms with E-state index in [0.29, 0.717) is 17.6 Å². The summed E-state index contributed by atoms with van der Waals surface area (Å²) in [4.78, 5) is 0. The summed E-state index contributed by atoms with van der Waals surface area (Å²) in [6.07, 6.45) is 5.49. The van der Waals surface area contributed by atoms with E-state index in [1.807, 2.05) is 0 Å². The molecule has 0 aliphatic heterocycles. The molecule has 0 aromatic heterocycles. The van der Waals surface area contributed by atoms with E-state index in [0.717, 1.165) is 13.1 Å². The normalized spacial score (nSPS) is 35.5. The van der Waals surface area contributed by atoms with Gasteiger partial charge in [0, 0.05) is 19.7 Å². The third-order valence-corrected chi connectivity index (χ3v) is 3.58. The van der Waals surface area contributed by atoms with Crippen molar-refractivity contribution >= 4 is 0 Å². The summed E-state index contributed by atoms with van der Waals surface area (Å²) in [7, 11) is 1.79. The fourth-order valence-electron chi connectivity index (χ4n) is 1.92. The summed E-state index contributed by atoms with van der Waals surface area (Å²) in [5.41, 5.74) is 6.17. The van der Waals surface area contributed by atoms with Crippen LogP contribution in [0.4, 0.5) is 0 Å². The summed E-state index contributed by atoms with van der Waals surface area (Å²) in [6, 6.07) is 0.689. The molecule has 0 bridgehead atoms. The van der Waals surface area contributed by atoms with Crippen molar-refractivity contribution in [3.05, 3.63) is 0 Å². The van der Waals surface area contributed by atoms with E-state index in [1.54, 1.807) is 7.11 Å². The van der Waals surface area contributed by atoms with E-state index >= 15 is 0 Å². The van der Waals surface area contributed by atoms with Gasteiger partial charge in [0.15, 0.2) is 0 Å². The van der Waals surface area contributed by atoms with Crippen LogP contribution in [0.5, 0.6) is 0 Å². The second-order valence-electron chi connectivity index (χ2n) is 4.61. The average Bonchev–Trinajstić information content (AvgIpc) is 2.83. The minimum atomic E-state index is 0.470. The molecule has 3 heteroatoms. The monoisotopic (exact) mass is 184 g/mol. The van der Waals surface area contributed by atoms with E-state index in [4.69, 9.17) is 10.5 Å². The van der Waals surface area contributed by atoms with Gasteiger partial charge in [0.1, 0.15) is 0 Å². The summed E-state index contributed by atoms with van der Waals surface area (Å²) in [5.74, 6) is 0. The highest BCUT2D eigenvalue weighted by Crippen LogP contribution is 2.44. The maximum absolute atomic E-state index is 5.70. The molecule has 0 atom stereocenters. The first kappa shape index (κ1) is 9.44. The van der Waals surface area contributed by atoms with Crippen molar-refractivity contribution in [1.82, 2.24) is 5.32 Å². The Morgan fingerprint density at radius 2 is 2.15 bits per heavy atom. The van der Waals surface area contributed by atoms with Crippen molar-refractivity contribution in [3.8, 4) is 0 Å². The van der Waals surface area contributed by atoms with Gasteiger partial charge in [0.2, 0.25) is 0 Å². The topological polar surface area (TPSA) is 47.3 Å². The van der Waals surface area contributed by atoms with Crippen LogP contribution in [0.1, 0.15) is 25.7 Å². The molecule has 13 heavy (non-hydrogen) atoms. The number of hydrogen-bond acceptors (Lipinski definition) is 3. The minimum Gasteiger partial charge on any atom is -0.381 e. The largest absolute Gasteiger partial charge is 0.381 e. The Hall–Kier alpha value is -0.120. The quantitative estimate of drug-likeness (QED) is 0.654. The lowest BCUT2D eigenvalue weighted by Crippen LogP contribution is -2.47. The smallest absolute Gasteiger partial charge is 0.0601 e. The molecule has 0 heterocycles. The molecule has 0 radical (unpaired) electrons. The van der Waals surface area contributed by atoms with E-state index in [-0.39, 0.29) is 0 Å². The van der Waals surface area contributed by atoms with E-state index < -0.39 is 0 Å². The lowest BCUT2D eigenvalue weighted by Gasteiger charge is -2.35. The number of hydrogen-bond donors (Lipinski definition) is 2. The molecule has 3 nitrogen and oxygen atoms in total. The van der Waals surface area contributed by atoms with Gasteiger partial charge in [-0.15, -0.1) is 0 Å². The molecule has 76 valence electrons. The van der Waals surface area contributed by atoms with E-state index in [2.05, 4.69) is 5.32 Å². The van der Waals surface area contributed by atoms with Gasteiger partial charge in [-0.3, -0.25) is 0 Å². The molecule has 2 saturated carbocycles. The Balaban J connectivity index is 1.60. The first-order valence-corrected chi connectivity index (χ1v) is 5.24. The molecule has 0 aromatic rings. The highest BCUT2D eigenvalue weighted by molar-refractivity contribution is 4.97. The van der Waals surface area contributed by atoms with Crippen LogP contribution in [-0.4, -0.2) is 32.3 Å². The maximum atomic E-state index is 5.70. The van der Waals surface area contributed by atoms with Gasteiger partial charge in [-0.2, -0.15) is 0 Å². The molecule has 3 N–H and O–H groups in total. The zero-order valence-electron chi connectivity index (χ0n) is 8.38. The van der Waals surface area contributed by atoms with Gasteiger partial charge in [0.05, 0.1) is 6.10 Å². The lowest BCUT2D eigenvalue weighted by molar-refractivity contribution is 0.0162. The number of rotatable bonds is 5.